The lowest BCUT2D eigenvalue weighted by molar-refractivity contribution is 0.374. The van der Waals surface area contributed by atoms with E-state index in [0.29, 0.717) is 0 Å². The Balaban J connectivity index is 1.93. The molecule has 0 aromatic carbocycles. The smallest absolute Gasteiger partial charge is 0.182 e. The van der Waals surface area contributed by atoms with Gasteiger partial charge >= 0.3 is 0 Å². The number of thiazole rings is 1. The largest absolute Gasteiger partial charge is 0.365 e. The van der Waals surface area contributed by atoms with Crippen molar-refractivity contribution in [1.29, 1.82) is 0 Å². The zero-order valence-electron chi connectivity index (χ0n) is 10.8. The Kier molecular flexibility index (Phi) is 3.18. The van der Waals surface area contributed by atoms with Gasteiger partial charge in [0.25, 0.3) is 0 Å². The minimum atomic E-state index is 0.839. The predicted molar refractivity (Wildman–Crippen MR) is 78.6 cm³/mol. The second kappa shape index (κ2) is 4.99. The first-order valence-electron chi connectivity index (χ1n) is 6.02. The van der Waals surface area contributed by atoms with Crippen LogP contribution in [0.3, 0.4) is 0 Å². The van der Waals surface area contributed by atoms with Crippen LogP contribution in [-0.4, -0.2) is 35.6 Å². The highest BCUT2D eigenvalue weighted by molar-refractivity contribution is 7.18. The van der Waals surface area contributed by atoms with E-state index in [1.165, 1.54) is 5.57 Å². The third-order valence-corrected chi connectivity index (χ3v) is 4.05. The van der Waals surface area contributed by atoms with Crippen molar-refractivity contribution in [2.45, 2.75) is 0 Å². The Labute approximate surface area is 116 Å². The molecule has 3 heterocycles. The molecule has 0 radical (unpaired) electrons. The number of hydrogen-bond acceptors (Lipinski definition) is 6. The minimum absolute atomic E-state index is 0.839. The molecular formula is C13H15N5S. The van der Waals surface area contributed by atoms with Crippen molar-refractivity contribution < 1.29 is 0 Å². The van der Waals surface area contributed by atoms with Gasteiger partial charge in [-0.3, -0.25) is 4.98 Å². The summed E-state index contributed by atoms with van der Waals surface area (Å²) in [6, 6.07) is 2.16. The van der Waals surface area contributed by atoms with Crippen molar-refractivity contribution in [2.24, 2.45) is 0 Å². The SMILES string of the molecule is CNc1ncc(-c2cncc(C3=CN(C)NC3)c2)s1. The summed E-state index contributed by atoms with van der Waals surface area (Å²) < 4.78 is 0. The molecule has 19 heavy (non-hydrogen) atoms. The summed E-state index contributed by atoms with van der Waals surface area (Å²) in [7, 11) is 3.87. The topological polar surface area (TPSA) is 53.1 Å². The number of hydrazine groups is 1. The van der Waals surface area contributed by atoms with E-state index >= 15 is 0 Å². The number of nitrogens with one attached hydrogen (secondary N) is 2. The van der Waals surface area contributed by atoms with Crippen LogP contribution in [0.2, 0.25) is 0 Å². The number of nitrogens with zero attached hydrogens (tertiary/aromatic N) is 3. The predicted octanol–water partition coefficient (Wildman–Crippen LogP) is 2.04. The van der Waals surface area contributed by atoms with Gasteiger partial charge in [-0.15, -0.1) is 0 Å². The molecule has 2 aromatic rings. The summed E-state index contributed by atoms with van der Waals surface area (Å²) >= 11 is 1.63. The number of aromatic nitrogens is 2. The van der Waals surface area contributed by atoms with E-state index in [4.69, 9.17) is 0 Å². The molecule has 2 aromatic heterocycles. The first-order valence-corrected chi connectivity index (χ1v) is 6.84. The summed E-state index contributed by atoms with van der Waals surface area (Å²) in [6.07, 6.45) is 7.75. The highest BCUT2D eigenvalue weighted by Gasteiger charge is 2.12. The summed E-state index contributed by atoms with van der Waals surface area (Å²) in [4.78, 5) is 9.76. The lowest BCUT2D eigenvalue weighted by Gasteiger charge is -2.04. The van der Waals surface area contributed by atoms with Crippen LogP contribution in [0.15, 0.2) is 30.9 Å². The van der Waals surface area contributed by atoms with E-state index < -0.39 is 0 Å². The lowest BCUT2D eigenvalue weighted by Crippen LogP contribution is -2.23. The molecule has 0 bridgehead atoms. The molecule has 0 fully saturated rings. The van der Waals surface area contributed by atoms with E-state index in [0.717, 1.165) is 27.7 Å². The molecule has 0 amide bonds. The van der Waals surface area contributed by atoms with Crippen LogP contribution in [0, 0.1) is 0 Å². The maximum atomic E-state index is 4.34. The average molecular weight is 273 g/mol. The normalized spacial score (nSPS) is 14.6. The Morgan fingerprint density at radius 3 is 2.84 bits per heavy atom. The molecular weight excluding hydrogens is 258 g/mol. The molecule has 0 atom stereocenters. The first kappa shape index (κ1) is 12.1. The van der Waals surface area contributed by atoms with Crippen LogP contribution in [0.5, 0.6) is 0 Å². The second-order valence-corrected chi connectivity index (χ2v) is 5.37. The van der Waals surface area contributed by atoms with Crippen LogP contribution in [-0.2, 0) is 0 Å². The number of hydrogen-bond donors (Lipinski definition) is 2. The fraction of sp³-hybridized carbons (Fsp3) is 0.231. The Morgan fingerprint density at radius 1 is 1.32 bits per heavy atom. The molecule has 0 saturated heterocycles. The Morgan fingerprint density at radius 2 is 2.16 bits per heavy atom. The first-order chi connectivity index (χ1) is 9.26. The summed E-state index contributed by atoms with van der Waals surface area (Å²) in [5, 5.41) is 5.94. The maximum absolute atomic E-state index is 4.34. The Hall–Kier alpha value is -1.92. The molecule has 0 spiro atoms. The lowest BCUT2D eigenvalue weighted by atomic mass is 10.1. The van der Waals surface area contributed by atoms with Gasteiger partial charge in [-0.05, 0) is 17.2 Å². The fourth-order valence-corrected chi connectivity index (χ4v) is 2.74. The van der Waals surface area contributed by atoms with Crippen molar-refractivity contribution in [2.75, 3.05) is 26.0 Å². The molecule has 0 unspecified atom stereocenters. The van der Waals surface area contributed by atoms with Crippen LogP contribution in [0.1, 0.15) is 5.56 Å². The fourth-order valence-electron chi connectivity index (χ4n) is 1.98. The summed E-state index contributed by atoms with van der Waals surface area (Å²) in [5.74, 6) is 0. The monoisotopic (exact) mass is 273 g/mol. The Bertz CT molecular complexity index is 619. The van der Waals surface area contributed by atoms with Crippen molar-refractivity contribution in [3.05, 3.63) is 36.4 Å². The van der Waals surface area contributed by atoms with Crippen molar-refractivity contribution >= 4 is 22.0 Å². The van der Waals surface area contributed by atoms with E-state index in [2.05, 4.69) is 33.0 Å². The maximum Gasteiger partial charge on any atom is 0.182 e. The van der Waals surface area contributed by atoms with Gasteiger partial charge < -0.3 is 10.3 Å². The molecule has 3 rings (SSSR count). The van der Waals surface area contributed by atoms with Crippen LogP contribution < -0.4 is 10.7 Å². The molecule has 98 valence electrons. The van der Waals surface area contributed by atoms with Crippen LogP contribution >= 0.6 is 11.3 Å². The molecule has 1 aliphatic rings. The summed E-state index contributed by atoms with van der Waals surface area (Å²) in [6.45, 7) is 0.839. The van der Waals surface area contributed by atoms with Gasteiger partial charge in [-0.25, -0.2) is 10.4 Å². The highest BCUT2D eigenvalue weighted by atomic mass is 32.1. The standard InChI is InChI=1S/C13H15N5S/c1-14-13-16-7-12(19-13)10-3-9(4-15-5-10)11-6-17-18(2)8-11/h3-5,7-8,17H,6H2,1-2H3,(H,14,16). The van der Waals surface area contributed by atoms with Gasteiger partial charge in [0.2, 0.25) is 0 Å². The van der Waals surface area contributed by atoms with Gasteiger partial charge in [0.15, 0.2) is 5.13 Å². The van der Waals surface area contributed by atoms with Gasteiger partial charge in [0.05, 0.1) is 4.88 Å². The quantitative estimate of drug-likeness (QED) is 0.896. The molecule has 6 heteroatoms. The number of rotatable bonds is 3. The third-order valence-electron chi connectivity index (χ3n) is 2.98. The molecule has 2 N–H and O–H groups in total. The van der Waals surface area contributed by atoms with Gasteiger partial charge in [0, 0.05) is 51.0 Å². The van der Waals surface area contributed by atoms with E-state index in [1.807, 2.05) is 37.7 Å². The summed E-state index contributed by atoms with van der Waals surface area (Å²) in [5.41, 5.74) is 6.73. The van der Waals surface area contributed by atoms with Crippen molar-refractivity contribution in [1.82, 2.24) is 20.4 Å². The van der Waals surface area contributed by atoms with Gasteiger partial charge in [-0.2, -0.15) is 0 Å². The van der Waals surface area contributed by atoms with Crippen LogP contribution in [0.4, 0.5) is 5.13 Å². The number of pyridine rings is 1. The van der Waals surface area contributed by atoms with Crippen LogP contribution in [0.25, 0.3) is 16.0 Å². The minimum Gasteiger partial charge on any atom is -0.365 e. The molecule has 0 saturated carbocycles. The van der Waals surface area contributed by atoms with E-state index in [-0.39, 0.29) is 0 Å². The molecule has 5 nitrogen and oxygen atoms in total. The number of anilines is 1. The zero-order valence-corrected chi connectivity index (χ0v) is 11.7. The highest BCUT2D eigenvalue weighted by Crippen LogP contribution is 2.30. The zero-order chi connectivity index (χ0) is 13.2. The molecule has 1 aliphatic heterocycles. The third kappa shape index (κ3) is 2.45. The van der Waals surface area contributed by atoms with Gasteiger partial charge in [-0.1, -0.05) is 11.3 Å². The van der Waals surface area contributed by atoms with E-state index in [1.54, 1.807) is 11.3 Å². The van der Waals surface area contributed by atoms with Crippen molar-refractivity contribution in [3.63, 3.8) is 0 Å². The molecule has 0 aliphatic carbocycles. The van der Waals surface area contributed by atoms with E-state index in [9.17, 15) is 0 Å². The average Bonchev–Trinajstić information content (AvgIpc) is 3.07. The van der Waals surface area contributed by atoms with Crippen molar-refractivity contribution in [3.8, 4) is 10.4 Å². The second-order valence-electron chi connectivity index (χ2n) is 4.34. The van der Waals surface area contributed by atoms with Gasteiger partial charge in [0.1, 0.15) is 0 Å².